The third-order valence-corrected chi connectivity index (χ3v) is 7.29. The molecule has 0 amide bonds. The highest BCUT2D eigenvalue weighted by Gasteiger charge is 2.41. The number of benzene rings is 2. The fourth-order valence-electron chi connectivity index (χ4n) is 5.62. The standard InChI is InChI=1S/C26H24F2N4.ClH/c1-17-24(19-6-2-3-7-21(19)27)32-23(9-12-29-32)25(30-17)31-13-10-26(11-14-31)15-18-5-4-8-22(28)20(18)16-26;/h2-9,12H,10-11,13-16H2,1H3;1H. The van der Waals surface area contributed by atoms with Crippen molar-refractivity contribution in [3.05, 3.63) is 83.2 Å². The Labute approximate surface area is 197 Å². The highest BCUT2D eigenvalue weighted by atomic mass is 35.5. The minimum Gasteiger partial charge on any atom is -0.355 e. The topological polar surface area (TPSA) is 33.4 Å². The van der Waals surface area contributed by atoms with Gasteiger partial charge in [-0.1, -0.05) is 24.3 Å². The Kier molecular flexibility index (Phi) is 5.36. The average molecular weight is 467 g/mol. The van der Waals surface area contributed by atoms with Crippen molar-refractivity contribution in [2.75, 3.05) is 18.0 Å². The van der Waals surface area contributed by atoms with Gasteiger partial charge in [-0.15, -0.1) is 12.4 Å². The first kappa shape index (κ1) is 21.8. The molecule has 0 atom stereocenters. The van der Waals surface area contributed by atoms with Gasteiger partial charge in [-0.3, -0.25) is 0 Å². The first-order valence-corrected chi connectivity index (χ1v) is 11.2. The summed E-state index contributed by atoms with van der Waals surface area (Å²) in [6, 6.07) is 14.2. The highest BCUT2D eigenvalue weighted by Crippen LogP contribution is 2.46. The molecular weight excluding hydrogens is 442 g/mol. The van der Waals surface area contributed by atoms with Crippen LogP contribution in [-0.2, 0) is 12.8 Å². The summed E-state index contributed by atoms with van der Waals surface area (Å²) in [4.78, 5) is 7.23. The van der Waals surface area contributed by atoms with Gasteiger partial charge in [0.2, 0.25) is 0 Å². The van der Waals surface area contributed by atoms with Crippen LogP contribution in [0.25, 0.3) is 16.8 Å². The maximum Gasteiger partial charge on any atom is 0.155 e. The monoisotopic (exact) mass is 466 g/mol. The molecule has 6 rings (SSSR count). The van der Waals surface area contributed by atoms with Crippen LogP contribution in [0, 0.1) is 24.0 Å². The number of aryl methyl sites for hydroxylation is 1. The molecule has 0 unspecified atom stereocenters. The maximum absolute atomic E-state index is 14.5. The SMILES string of the molecule is Cc1nc(N2CCC3(CC2)Cc2cccc(F)c2C3)c2ccnn2c1-c1ccccc1F.Cl. The molecule has 7 heteroatoms. The van der Waals surface area contributed by atoms with Gasteiger partial charge in [0.05, 0.1) is 17.6 Å². The van der Waals surface area contributed by atoms with Crippen molar-refractivity contribution in [1.82, 2.24) is 14.6 Å². The second-order valence-electron chi connectivity index (χ2n) is 9.20. The lowest BCUT2D eigenvalue weighted by Crippen LogP contribution is -2.41. The van der Waals surface area contributed by atoms with E-state index in [9.17, 15) is 8.78 Å². The minimum atomic E-state index is -0.283. The molecule has 4 nitrogen and oxygen atoms in total. The van der Waals surface area contributed by atoms with E-state index in [1.807, 2.05) is 25.1 Å². The molecule has 0 N–H and O–H groups in total. The third-order valence-electron chi connectivity index (χ3n) is 7.29. The molecule has 1 saturated heterocycles. The van der Waals surface area contributed by atoms with Gasteiger partial charge in [0.1, 0.15) is 17.2 Å². The third kappa shape index (κ3) is 3.48. The van der Waals surface area contributed by atoms with Gasteiger partial charge in [-0.25, -0.2) is 18.3 Å². The van der Waals surface area contributed by atoms with E-state index >= 15 is 0 Å². The second-order valence-corrected chi connectivity index (χ2v) is 9.20. The lowest BCUT2D eigenvalue weighted by molar-refractivity contribution is 0.231. The summed E-state index contributed by atoms with van der Waals surface area (Å²) in [5, 5.41) is 4.50. The zero-order valence-corrected chi connectivity index (χ0v) is 19.2. The number of piperidine rings is 1. The Morgan fingerprint density at radius 2 is 1.67 bits per heavy atom. The zero-order valence-electron chi connectivity index (χ0n) is 18.4. The Morgan fingerprint density at radius 3 is 2.42 bits per heavy atom. The van der Waals surface area contributed by atoms with Crippen LogP contribution in [0.1, 0.15) is 29.7 Å². The van der Waals surface area contributed by atoms with Crippen molar-refractivity contribution in [2.45, 2.75) is 32.6 Å². The molecule has 1 aliphatic carbocycles. The first-order chi connectivity index (χ1) is 15.5. The molecule has 2 aromatic heterocycles. The summed E-state index contributed by atoms with van der Waals surface area (Å²) in [5.74, 6) is 0.537. The number of hydrogen-bond acceptors (Lipinski definition) is 3. The van der Waals surface area contributed by atoms with Crippen LogP contribution in [0.2, 0.25) is 0 Å². The summed E-state index contributed by atoms with van der Waals surface area (Å²) in [5.41, 5.74) is 5.02. The Bertz CT molecular complexity index is 1340. The fourth-order valence-corrected chi connectivity index (χ4v) is 5.62. The van der Waals surface area contributed by atoms with E-state index < -0.39 is 0 Å². The van der Waals surface area contributed by atoms with Crippen LogP contribution in [0.4, 0.5) is 14.6 Å². The number of fused-ring (bicyclic) bond motifs is 2. The van der Waals surface area contributed by atoms with E-state index in [-0.39, 0.29) is 29.5 Å². The van der Waals surface area contributed by atoms with Crippen molar-refractivity contribution < 1.29 is 8.78 Å². The summed E-state index contributed by atoms with van der Waals surface area (Å²) in [6.45, 7) is 3.64. The fraction of sp³-hybridized carbons (Fsp3) is 0.308. The molecule has 0 saturated carbocycles. The van der Waals surface area contributed by atoms with E-state index in [4.69, 9.17) is 4.98 Å². The van der Waals surface area contributed by atoms with Gasteiger partial charge in [0, 0.05) is 18.7 Å². The quantitative estimate of drug-likeness (QED) is 0.375. The number of anilines is 1. The first-order valence-electron chi connectivity index (χ1n) is 11.2. The molecule has 3 heterocycles. The van der Waals surface area contributed by atoms with Gasteiger partial charge in [0.25, 0.3) is 0 Å². The summed E-state index contributed by atoms with van der Waals surface area (Å²) >= 11 is 0. The van der Waals surface area contributed by atoms with E-state index in [0.717, 1.165) is 61.4 Å². The molecule has 4 aromatic rings. The van der Waals surface area contributed by atoms with Crippen LogP contribution in [-0.4, -0.2) is 27.7 Å². The molecule has 170 valence electrons. The number of nitrogens with zero attached hydrogens (tertiary/aromatic N) is 4. The van der Waals surface area contributed by atoms with Crippen LogP contribution in [0.3, 0.4) is 0 Å². The van der Waals surface area contributed by atoms with Crippen molar-refractivity contribution in [3.63, 3.8) is 0 Å². The number of halogens is 3. The van der Waals surface area contributed by atoms with E-state index in [1.165, 1.54) is 11.6 Å². The smallest absolute Gasteiger partial charge is 0.155 e. The lowest BCUT2D eigenvalue weighted by atomic mass is 9.76. The Hall–Kier alpha value is -2.99. The minimum absolute atomic E-state index is 0. The second kappa shape index (κ2) is 8.10. The molecule has 1 spiro atoms. The van der Waals surface area contributed by atoms with Crippen molar-refractivity contribution in [3.8, 4) is 11.3 Å². The Morgan fingerprint density at radius 1 is 0.909 bits per heavy atom. The number of aromatic nitrogens is 3. The van der Waals surface area contributed by atoms with Crippen LogP contribution < -0.4 is 4.90 Å². The van der Waals surface area contributed by atoms with Crippen LogP contribution >= 0.6 is 12.4 Å². The molecule has 1 aliphatic heterocycles. The largest absolute Gasteiger partial charge is 0.355 e. The molecule has 0 bridgehead atoms. The summed E-state index contributed by atoms with van der Waals surface area (Å²) in [6.07, 6.45) is 5.51. The Balaban J connectivity index is 0.00000228. The van der Waals surface area contributed by atoms with Gasteiger partial charge in [0.15, 0.2) is 5.82 Å². The van der Waals surface area contributed by atoms with E-state index in [0.29, 0.717) is 11.3 Å². The van der Waals surface area contributed by atoms with Gasteiger partial charge in [-0.2, -0.15) is 5.10 Å². The summed E-state index contributed by atoms with van der Waals surface area (Å²) in [7, 11) is 0. The highest BCUT2D eigenvalue weighted by molar-refractivity contribution is 5.85. The number of rotatable bonds is 2. The van der Waals surface area contributed by atoms with E-state index in [1.54, 1.807) is 28.9 Å². The molecule has 33 heavy (non-hydrogen) atoms. The van der Waals surface area contributed by atoms with Crippen LogP contribution in [0.5, 0.6) is 0 Å². The van der Waals surface area contributed by atoms with Gasteiger partial charge < -0.3 is 4.90 Å². The van der Waals surface area contributed by atoms with Crippen molar-refractivity contribution >= 4 is 23.7 Å². The zero-order chi connectivity index (χ0) is 21.9. The number of hydrogen-bond donors (Lipinski definition) is 0. The summed E-state index contributed by atoms with van der Waals surface area (Å²) < 4.78 is 30.7. The average Bonchev–Trinajstić information content (AvgIpc) is 3.41. The van der Waals surface area contributed by atoms with Gasteiger partial charge in [-0.05, 0) is 73.4 Å². The normalized spacial score (nSPS) is 16.8. The van der Waals surface area contributed by atoms with Crippen molar-refractivity contribution in [1.29, 1.82) is 0 Å². The van der Waals surface area contributed by atoms with E-state index in [2.05, 4.69) is 16.1 Å². The molecule has 2 aromatic carbocycles. The molecule has 2 aliphatic rings. The van der Waals surface area contributed by atoms with Crippen molar-refractivity contribution in [2.24, 2.45) is 5.41 Å². The van der Waals surface area contributed by atoms with Gasteiger partial charge >= 0.3 is 0 Å². The molecular formula is C26H25ClF2N4. The maximum atomic E-state index is 14.5. The van der Waals surface area contributed by atoms with Crippen LogP contribution in [0.15, 0.2) is 54.7 Å². The predicted octanol–water partition coefficient (Wildman–Crippen LogP) is 5.79. The lowest BCUT2D eigenvalue weighted by Gasteiger charge is -2.40. The molecule has 1 fully saturated rings. The molecule has 0 radical (unpaired) electrons. The predicted molar refractivity (Wildman–Crippen MR) is 128 cm³/mol.